The molecule has 0 spiro atoms. The van der Waals surface area contributed by atoms with Crippen LogP contribution in [-0.2, 0) is 0 Å². The number of benzene rings is 1. The first kappa shape index (κ1) is 16.0. The molecule has 3 nitrogen and oxygen atoms in total. The molecule has 2 N–H and O–H groups in total. The van der Waals surface area contributed by atoms with Gasteiger partial charge in [0.2, 0.25) is 0 Å². The number of rotatable bonds is 4. The smallest absolute Gasteiger partial charge is 0.254 e. The van der Waals surface area contributed by atoms with Crippen LogP contribution in [-0.4, -0.2) is 29.4 Å². The Bertz CT molecular complexity index is 459. The molecule has 1 aromatic rings. The van der Waals surface area contributed by atoms with Crippen molar-refractivity contribution in [3.05, 3.63) is 35.4 Å². The molecular weight excluding hydrogens is 260 g/mol. The Balaban J connectivity index is 2.08. The molecule has 0 atom stereocenters. The van der Waals surface area contributed by atoms with Crippen molar-refractivity contribution < 1.29 is 4.79 Å². The van der Waals surface area contributed by atoms with Gasteiger partial charge in [-0.3, -0.25) is 4.79 Å². The molecule has 0 aliphatic heterocycles. The van der Waals surface area contributed by atoms with Gasteiger partial charge in [-0.1, -0.05) is 26.0 Å². The topological polar surface area (TPSA) is 46.3 Å². The molecule has 1 aromatic carbocycles. The molecule has 0 aromatic heterocycles. The van der Waals surface area contributed by atoms with Crippen molar-refractivity contribution in [2.24, 2.45) is 5.73 Å². The lowest BCUT2D eigenvalue weighted by Crippen LogP contribution is -2.44. The summed E-state index contributed by atoms with van der Waals surface area (Å²) in [4.78, 5) is 14.8. The van der Waals surface area contributed by atoms with E-state index in [9.17, 15) is 4.79 Å². The van der Waals surface area contributed by atoms with Crippen molar-refractivity contribution in [2.75, 3.05) is 6.54 Å². The molecule has 2 rings (SSSR count). The van der Waals surface area contributed by atoms with Gasteiger partial charge in [0.1, 0.15) is 0 Å². The van der Waals surface area contributed by atoms with Gasteiger partial charge < -0.3 is 10.6 Å². The van der Waals surface area contributed by atoms with Crippen molar-refractivity contribution in [1.82, 2.24) is 4.90 Å². The summed E-state index contributed by atoms with van der Waals surface area (Å²) in [6.07, 6.45) is 4.12. The highest BCUT2D eigenvalue weighted by atomic mass is 16.2. The summed E-state index contributed by atoms with van der Waals surface area (Å²) in [6, 6.07) is 8.75. The summed E-state index contributed by atoms with van der Waals surface area (Å²) < 4.78 is 0. The average molecular weight is 288 g/mol. The molecule has 1 aliphatic rings. The molecular formula is C18H28N2O. The number of hydrogen-bond donors (Lipinski definition) is 1. The number of nitrogens with two attached hydrogens (primary N) is 1. The molecule has 0 heterocycles. The van der Waals surface area contributed by atoms with Crippen molar-refractivity contribution in [3.8, 4) is 0 Å². The summed E-state index contributed by atoms with van der Waals surface area (Å²) in [5.74, 6) is 0.657. The Morgan fingerprint density at radius 2 is 1.76 bits per heavy atom. The highest BCUT2D eigenvalue weighted by Crippen LogP contribution is 2.24. The van der Waals surface area contributed by atoms with E-state index in [1.807, 2.05) is 17.0 Å². The Kier molecular flexibility index (Phi) is 5.40. The molecule has 116 valence electrons. The van der Waals surface area contributed by atoms with Crippen LogP contribution in [0.3, 0.4) is 0 Å². The van der Waals surface area contributed by atoms with E-state index in [4.69, 9.17) is 5.73 Å². The molecule has 1 amide bonds. The minimum atomic E-state index is 0.160. The third kappa shape index (κ3) is 3.85. The first-order valence-electron chi connectivity index (χ1n) is 8.19. The van der Waals surface area contributed by atoms with E-state index in [0.717, 1.165) is 37.8 Å². The standard InChI is InChI=1S/C18H28N2O/c1-4-20(17-11-9-16(19)10-12-17)18(21)15-7-5-14(6-8-15)13(2)3/h5-8,13,16-17H,4,9-12,19H2,1-3H3. The normalized spacial score (nSPS) is 22.3. The van der Waals surface area contributed by atoms with Gasteiger partial charge in [-0.05, 0) is 56.2 Å². The largest absolute Gasteiger partial charge is 0.336 e. The van der Waals surface area contributed by atoms with Crippen LogP contribution < -0.4 is 5.73 Å². The maximum atomic E-state index is 12.7. The zero-order chi connectivity index (χ0) is 15.4. The van der Waals surface area contributed by atoms with Gasteiger partial charge in [0.05, 0.1) is 0 Å². The molecule has 0 saturated heterocycles. The average Bonchev–Trinajstić information content (AvgIpc) is 2.50. The van der Waals surface area contributed by atoms with Crippen LogP contribution in [0.1, 0.15) is 68.3 Å². The maximum Gasteiger partial charge on any atom is 0.254 e. The lowest BCUT2D eigenvalue weighted by Gasteiger charge is -2.35. The molecule has 1 fully saturated rings. The van der Waals surface area contributed by atoms with Gasteiger partial charge in [0.15, 0.2) is 0 Å². The Labute approximate surface area is 128 Å². The van der Waals surface area contributed by atoms with Crippen molar-refractivity contribution in [1.29, 1.82) is 0 Å². The number of carbonyl (C=O) groups is 1. The van der Waals surface area contributed by atoms with Crippen LogP contribution in [0.25, 0.3) is 0 Å². The van der Waals surface area contributed by atoms with E-state index < -0.39 is 0 Å². The Morgan fingerprint density at radius 1 is 1.19 bits per heavy atom. The molecule has 0 radical (unpaired) electrons. The van der Waals surface area contributed by atoms with Crippen LogP contribution in [0.5, 0.6) is 0 Å². The number of carbonyl (C=O) groups excluding carboxylic acids is 1. The van der Waals surface area contributed by atoms with Gasteiger partial charge in [0, 0.05) is 24.2 Å². The van der Waals surface area contributed by atoms with Gasteiger partial charge in [-0.25, -0.2) is 0 Å². The van der Waals surface area contributed by atoms with Crippen LogP contribution in [0.15, 0.2) is 24.3 Å². The second-order valence-corrected chi connectivity index (χ2v) is 6.44. The van der Waals surface area contributed by atoms with Crippen LogP contribution >= 0.6 is 0 Å². The van der Waals surface area contributed by atoms with E-state index in [0.29, 0.717) is 18.0 Å². The zero-order valence-corrected chi connectivity index (χ0v) is 13.5. The Hall–Kier alpha value is -1.35. The van der Waals surface area contributed by atoms with Crippen LogP contribution in [0.4, 0.5) is 0 Å². The summed E-state index contributed by atoms with van der Waals surface area (Å²) in [5, 5.41) is 0. The van der Waals surface area contributed by atoms with Crippen LogP contribution in [0.2, 0.25) is 0 Å². The van der Waals surface area contributed by atoms with E-state index >= 15 is 0 Å². The fourth-order valence-electron chi connectivity index (χ4n) is 3.16. The number of hydrogen-bond acceptors (Lipinski definition) is 2. The molecule has 3 heteroatoms. The van der Waals surface area contributed by atoms with E-state index in [2.05, 4.69) is 32.9 Å². The second kappa shape index (κ2) is 7.08. The van der Waals surface area contributed by atoms with Crippen molar-refractivity contribution >= 4 is 5.91 Å². The highest BCUT2D eigenvalue weighted by Gasteiger charge is 2.27. The lowest BCUT2D eigenvalue weighted by atomic mass is 9.90. The fraction of sp³-hybridized carbons (Fsp3) is 0.611. The molecule has 0 bridgehead atoms. The molecule has 0 unspecified atom stereocenters. The molecule has 1 aliphatic carbocycles. The van der Waals surface area contributed by atoms with Gasteiger partial charge >= 0.3 is 0 Å². The molecule has 1 saturated carbocycles. The number of nitrogens with zero attached hydrogens (tertiary/aromatic N) is 1. The summed E-state index contributed by atoms with van der Waals surface area (Å²) >= 11 is 0. The monoisotopic (exact) mass is 288 g/mol. The van der Waals surface area contributed by atoms with Crippen molar-refractivity contribution in [2.45, 2.75) is 64.5 Å². The quantitative estimate of drug-likeness (QED) is 0.921. The third-order valence-electron chi connectivity index (χ3n) is 4.61. The summed E-state index contributed by atoms with van der Waals surface area (Å²) in [7, 11) is 0. The predicted molar refractivity (Wildman–Crippen MR) is 87.5 cm³/mol. The first-order chi connectivity index (χ1) is 10.0. The summed E-state index contributed by atoms with van der Waals surface area (Å²) in [5.41, 5.74) is 8.05. The Morgan fingerprint density at radius 3 is 2.24 bits per heavy atom. The van der Waals surface area contributed by atoms with Gasteiger partial charge in [-0.2, -0.15) is 0 Å². The SMILES string of the molecule is CCN(C(=O)c1ccc(C(C)C)cc1)C1CCC(N)CC1. The number of amides is 1. The predicted octanol–water partition coefficient (Wildman–Crippen LogP) is 3.54. The van der Waals surface area contributed by atoms with Gasteiger partial charge in [-0.15, -0.1) is 0 Å². The first-order valence-corrected chi connectivity index (χ1v) is 8.19. The fourth-order valence-corrected chi connectivity index (χ4v) is 3.16. The lowest BCUT2D eigenvalue weighted by molar-refractivity contribution is 0.0640. The van der Waals surface area contributed by atoms with E-state index in [-0.39, 0.29) is 5.91 Å². The van der Waals surface area contributed by atoms with E-state index in [1.165, 1.54) is 5.56 Å². The second-order valence-electron chi connectivity index (χ2n) is 6.44. The van der Waals surface area contributed by atoms with Crippen molar-refractivity contribution in [3.63, 3.8) is 0 Å². The minimum absolute atomic E-state index is 0.160. The maximum absolute atomic E-state index is 12.7. The molecule has 21 heavy (non-hydrogen) atoms. The minimum Gasteiger partial charge on any atom is -0.336 e. The third-order valence-corrected chi connectivity index (χ3v) is 4.61. The summed E-state index contributed by atoms with van der Waals surface area (Å²) in [6.45, 7) is 7.17. The van der Waals surface area contributed by atoms with E-state index in [1.54, 1.807) is 0 Å². The van der Waals surface area contributed by atoms with Crippen LogP contribution in [0, 0.1) is 0 Å². The van der Waals surface area contributed by atoms with Gasteiger partial charge in [0.25, 0.3) is 5.91 Å². The zero-order valence-electron chi connectivity index (χ0n) is 13.5. The highest BCUT2D eigenvalue weighted by molar-refractivity contribution is 5.94.